The Balaban J connectivity index is 2.71. The molecule has 0 aliphatic heterocycles. The Morgan fingerprint density at radius 1 is 1.59 bits per heavy atom. The summed E-state index contributed by atoms with van der Waals surface area (Å²) in [5.41, 5.74) is 0.613. The number of carbonyl (C=O) groups excluding carboxylic acids is 1. The van der Waals surface area contributed by atoms with Gasteiger partial charge in [-0.3, -0.25) is 14.9 Å². The zero-order valence-electron chi connectivity index (χ0n) is 9.26. The Kier molecular flexibility index (Phi) is 4.90. The van der Waals surface area contributed by atoms with Crippen molar-refractivity contribution < 1.29 is 14.5 Å². The molecule has 0 saturated carbocycles. The van der Waals surface area contributed by atoms with E-state index < -0.39 is 16.3 Å². The van der Waals surface area contributed by atoms with Gasteiger partial charge < -0.3 is 4.74 Å². The van der Waals surface area contributed by atoms with E-state index in [-0.39, 0.29) is 18.7 Å². The van der Waals surface area contributed by atoms with Gasteiger partial charge in [-0.2, -0.15) is 0 Å². The number of non-ortho nitro benzene ring substituents is 1. The fraction of sp³-hybridized carbons (Fsp3) is 0.364. The van der Waals surface area contributed by atoms with Gasteiger partial charge in [0, 0.05) is 12.1 Å². The minimum Gasteiger partial charge on any atom is -0.465 e. The lowest BCUT2D eigenvalue weighted by molar-refractivity contribution is -0.384. The Bertz CT molecular complexity index is 422. The monoisotopic (exact) mass is 257 g/mol. The smallest absolute Gasteiger partial charge is 0.324 e. The Labute approximate surface area is 103 Å². The van der Waals surface area contributed by atoms with Crippen molar-refractivity contribution >= 4 is 23.3 Å². The van der Waals surface area contributed by atoms with Gasteiger partial charge in [-0.15, -0.1) is 11.6 Å². The van der Waals surface area contributed by atoms with Crippen LogP contribution in [-0.4, -0.2) is 22.9 Å². The highest BCUT2D eigenvalue weighted by Crippen LogP contribution is 2.16. The van der Waals surface area contributed by atoms with Gasteiger partial charge in [-0.25, -0.2) is 0 Å². The average molecular weight is 258 g/mol. The molecule has 17 heavy (non-hydrogen) atoms. The minimum absolute atomic E-state index is 0.0183. The maximum atomic E-state index is 11.3. The molecule has 0 bridgehead atoms. The first-order valence-electron chi connectivity index (χ1n) is 5.08. The van der Waals surface area contributed by atoms with Gasteiger partial charge in [-0.1, -0.05) is 12.1 Å². The van der Waals surface area contributed by atoms with Crippen LogP contribution in [0.3, 0.4) is 0 Å². The number of hydrogen-bond acceptors (Lipinski definition) is 4. The number of nitro groups is 1. The molecule has 0 fully saturated rings. The second-order valence-electron chi connectivity index (χ2n) is 3.35. The number of rotatable bonds is 5. The third kappa shape index (κ3) is 4.03. The van der Waals surface area contributed by atoms with Crippen LogP contribution in [0.15, 0.2) is 24.3 Å². The van der Waals surface area contributed by atoms with Crippen molar-refractivity contribution in [3.05, 3.63) is 39.9 Å². The molecular weight excluding hydrogens is 246 g/mol. The Hall–Kier alpha value is -1.62. The fourth-order valence-corrected chi connectivity index (χ4v) is 1.56. The van der Waals surface area contributed by atoms with E-state index in [9.17, 15) is 14.9 Å². The molecule has 0 saturated heterocycles. The van der Waals surface area contributed by atoms with E-state index in [1.807, 2.05) is 0 Å². The third-order valence-electron chi connectivity index (χ3n) is 2.08. The molecule has 0 unspecified atom stereocenters. The number of alkyl halides is 1. The number of nitrogens with zero attached hydrogens (tertiary/aromatic N) is 1. The van der Waals surface area contributed by atoms with Gasteiger partial charge in [0.25, 0.3) is 5.69 Å². The first kappa shape index (κ1) is 13.4. The standard InChI is InChI=1S/C11H12ClNO4/c1-2-17-11(14)10(12)7-8-4-3-5-9(6-8)13(15)16/h3-6,10H,2,7H2,1H3/t10-/m0/s1. The molecule has 0 aromatic heterocycles. The maximum absolute atomic E-state index is 11.3. The minimum atomic E-state index is -0.822. The van der Waals surface area contributed by atoms with Gasteiger partial charge in [-0.05, 0) is 18.9 Å². The molecule has 0 N–H and O–H groups in total. The quantitative estimate of drug-likeness (QED) is 0.351. The van der Waals surface area contributed by atoms with Gasteiger partial charge >= 0.3 is 5.97 Å². The number of ether oxygens (including phenoxy) is 1. The molecule has 1 atom stereocenters. The SMILES string of the molecule is CCOC(=O)[C@@H](Cl)Cc1cccc([N+](=O)[O-])c1. The van der Waals surface area contributed by atoms with E-state index in [2.05, 4.69) is 0 Å². The number of esters is 1. The molecule has 0 aliphatic rings. The zero-order chi connectivity index (χ0) is 12.8. The molecule has 1 aromatic rings. The first-order chi connectivity index (χ1) is 8.04. The van der Waals surface area contributed by atoms with Gasteiger partial charge in [0.05, 0.1) is 11.5 Å². The predicted octanol–water partition coefficient (Wildman–Crippen LogP) is 2.31. The van der Waals surface area contributed by atoms with E-state index in [1.165, 1.54) is 12.1 Å². The second kappa shape index (κ2) is 6.20. The number of nitro benzene ring substituents is 1. The van der Waals surface area contributed by atoms with Crippen LogP contribution in [-0.2, 0) is 16.0 Å². The predicted molar refractivity (Wildman–Crippen MR) is 63.1 cm³/mol. The Morgan fingerprint density at radius 2 is 2.29 bits per heavy atom. The van der Waals surface area contributed by atoms with E-state index in [4.69, 9.17) is 16.3 Å². The van der Waals surface area contributed by atoms with Crippen molar-refractivity contribution in [2.45, 2.75) is 18.7 Å². The summed E-state index contributed by atoms with van der Waals surface area (Å²) >= 11 is 5.83. The molecule has 0 aliphatic carbocycles. The molecular formula is C11H12ClNO4. The molecule has 5 nitrogen and oxygen atoms in total. The third-order valence-corrected chi connectivity index (χ3v) is 2.41. The molecule has 0 radical (unpaired) electrons. The summed E-state index contributed by atoms with van der Waals surface area (Å²) in [6, 6.07) is 6.02. The summed E-state index contributed by atoms with van der Waals surface area (Å²) in [5, 5.41) is 9.73. The summed E-state index contributed by atoms with van der Waals surface area (Å²) in [5.74, 6) is -0.513. The summed E-state index contributed by atoms with van der Waals surface area (Å²) in [7, 11) is 0. The maximum Gasteiger partial charge on any atom is 0.324 e. The Morgan fingerprint density at radius 3 is 2.88 bits per heavy atom. The number of carbonyl (C=O) groups is 1. The summed E-state index contributed by atoms with van der Waals surface area (Å²) in [4.78, 5) is 21.3. The highest BCUT2D eigenvalue weighted by atomic mass is 35.5. The van der Waals surface area contributed by atoms with E-state index in [0.29, 0.717) is 5.56 Å². The number of hydrogen-bond donors (Lipinski definition) is 0. The van der Waals surface area contributed by atoms with Crippen LogP contribution in [0, 0.1) is 10.1 Å². The van der Waals surface area contributed by atoms with Crippen LogP contribution in [0.5, 0.6) is 0 Å². The van der Waals surface area contributed by atoms with Crippen molar-refractivity contribution in [3.63, 3.8) is 0 Å². The van der Waals surface area contributed by atoms with Gasteiger partial charge in [0.2, 0.25) is 0 Å². The highest BCUT2D eigenvalue weighted by Gasteiger charge is 2.18. The summed E-state index contributed by atoms with van der Waals surface area (Å²) in [6.07, 6.45) is 0.210. The van der Waals surface area contributed by atoms with E-state index in [1.54, 1.807) is 19.1 Å². The lowest BCUT2D eigenvalue weighted by Crippen LogP contribution is -2.20. The molecule has 0 spiro atoms. The lowest BCUT2D eigenvalue weighted by atomic mass is 10.1. The van der Waals surface area contributed by atoms with Gasteiger partial charge in [0.15, 0.2) is 0 Å². The summed E-state index contributed by atoms with van der Waals surface area (Å²) < 4.78 is 4.75. The fourth-order valence-electron chi connectivity index (χ4n) is 1.32. The highest BCUT2D eigenvalue weighted by molar-refractivity contribution is 6.30. The first-order valence-corrected chi connectivity index (χ1v) is 5.52. The van der Waals surface area contributed by atoms with Crippen LogP contribution in [0.4, 0.5) is 5.69 Å². The van der Waals surface area contributed by atoms with Crippen LogP contribution in [0.25, 0.3) is 0 Å². The van der Waals surface area contributed by atoms with Gasteiger partial charge in [0.1, 0.15) is 5.38 Å². The summed E-state index contributed by atoms with van der Waals surface area (Å²) in [6.45, 7) is 1.95. The lowest BCUT2D eigenvalue weighted by Gasteiger charge is -2.08. The van der Waals surface area contributed by atoms with E-state index >= 15 is 0 Å². The molecule has 0 amide bonds. The molecule has 1 aromatic carbocycles. The molecule has 92 valence electrons. The van der Waals surface area contributed by atoms with Crippen LogP contribution >= 0.6 is 11.6 Å². The molecule has 6 heteroatoms. The van der Waals surface area contributed by atoms with Crippen molar-refractivity contribution in [3.8, 4) is 0 Å². The number of halogens is 1. The average Bonchev–Trinajstić information content (AvgIpc) is 2.29. The van der Waals surface area contributed by atoms with Crippen LogP contribution < -0.4 is 0 Å². The van der Waals surface area contributed by atoms with Crippen molar-refractivity contribution in [1.82, 2.24) is 0 Å². The topological polar surface area (TPSA) is 69.4 Å². The normalized spacial score (nSPS) is 11.9. The van der Waals surface area contributed by atoms with Crippen LogP contribution in [0.1, 0.15) is 12.5 Å². The van der Waals surface area contributed by atoms with Crippen LogP contribution in [0.2, 0.25) is 0 Å². The van der Waals surface area contributed by atoms with E-state index in [0.717, 1.165) is 0 Å². The zero-order valence-corrected chi connectivity index (χ0v) is 10.0. The molecule has 0 heterocycles. The van der Waals surface area contributed by atoms with Crippen molar-refractivity contribution in [2.75, 3.05) is 6.61 Å². The van der Waals surface area contributed by atoms with Crippen molar-refractivity contribution in [1.29, 1.82) is 0 Å². The molecule has 1 rings (SSSR count). The van der Waals surface area contributed by atoms with Crippen molar-refractivity contribution in [2.24, 2.45) is 0 Å². The largest absolute Gasteiger partial charge is 0.465 e. The second-order valence-corrected chi connectivity index (χ2v) is 3.88. The number of benzene rings is 1.